The molecule has 0 bridgehead atoms. The summed E-state index contributed by atoms with van der Waals surface area (Å²) in [4.78, 5) is 16.1. The van der Waals surface area contributed by atoms with E-state index in [0.717, 1.165) is 5.56 Å². The fraction of sp³-hybridized carbons (Fsp3) is 0.100. The summed E-state index contributed by atoms with van der Waals surface area (Å²) >= 11 is 7.50. The molecule has 0 spiro atoms. The van der Waals surface area contributed by atoms with Crippen LogP contribution in [0.4, 0.5) is 5.95 Å². The van der Waals surface area contributed by atoms with Gasteiger partial charge in [-0.2, -0.15) is 36.1 Å². The van der Waals surface area contributed by atoms with Crippen LogP contribution < -0.4 is 5.32 Å². The van der Waals surface area contributed by atoms with Crippen LogP contribution in [0.25, 0.3) is 5.95 Å². The summed E-state index contributed by atoms with van der Waals surface area (Å²) in [5.41, 5.74) is 1.16. The number of hydrogen-bond acceptors (Lipinski definition) is 7. The van der Waals surface area contributed by atoms with Crippen molar-refractivity contribution in [1.82, 2.24) is 29.7 Å². The molecule has 9 heteroatoms. The molecule has 0 aliphatic heterocycles. The van der Waals surface area contributed by atoms with Gasteiger partial charge in [0.05, 0.1) is 0 Å². The van der Waals surface area contributed by atoms with Gasteiger partial charge in [0.15, 0.2) is 0 Å². The van der Waals surface area contributed by atoms with E-state index in [1.165, 1.54) is 17.3 Å². The molecule has 0 aliphatic rings. The number of nitrogens with one attached hydrogen (secondary N) is 1. The Balaban J connectivity index is 1.82. The Kier molecular flexibility index (Phi) is 3.34. The number of rotatable bonds is 4. The van der Waals surface area contributed by atoms with Gasteiger partial charge in [0.25, 0.3) is 5.95 Å². The lowest BCUT2D eigenvalue weighted by Crippen LogP contribution is -2.09. The van der Waals surface area contributed by atoms with Crippen molar-refractivity contribution < 1.29 is 0 Å². The highest BCUT2D eigenvalue weighted by Crippen LogP contribution is 2.11. The van der Waals surface area contributed by atoms with Crippen molar-refractivity contribution in [2.45, 2.75) is 6.54 Å². The van der Waals surface area contributed by atoms with E-state index in [1.807, 2.05) is 16.8 Å². The summed E-state index contributed by atoms with van der Waals surface area (Å²) in [6.07, 6.45) is 2.89. The first-order chi connectivity index (χ1) is 9.31. The van der Waals surface area contributed by atoms with E-state index in [0.29, 0.717) is 18.4 Å². The third kappa shape index (κ3) is 2.85. The molecule has 0 fully saturated rings. The summed E-state index contributed by atoms with van der Waals surface area (Å²) in [7, 11) is 0. The predicted octanol–water partition coefficient (Wildman–Crippen LogP) is 1.78. The average molecular weight is 294 g/mol. The lowest BCUT2D eigenvalue weighted by Gasteiger charge is -2.05. The van der Waals surface area contributed by atoms with E-state index >= 15 is 0 Å². The third-order valence-electron chi connectivity index (χ3n) is 2.25. The SMILES string of the molecule is Clc1nc(NCc2ccsc2)nc(-n2cncn2)n1. The standard InChI is InChI=1S/C10H8ClN7S/c11-8-15-9(13-3-7-1-2-19-4-7)17-10(16-8)18-6-12-5-14-18/h1-2,4-6H,3H2,(H,13,15,16,17). The first-order valence-corrected chi connectivity index (χ1v) is 6.65. The maximum Gasteiger partial charge on any atom is 0.258 e. The van der Waals surface area contributed by atoms with Gasteiger partial charge in [-0.15, -0.1) is 0 Å². The normalized spacial score (nSPS) is 10.6. The van der Waals surface area contributed by atoms with Crippen LogP contribution in [0.15, 0.2) is 29.5 Å². The largest absolute Gasteiger partial charge is 0.350 e. The maximum atomic E-state index is 5.87. The second-order valence-electron chi connectivity index (χ2n) is 3.55. The Morgan fingerprint density at radius 1 is 1.32 bits per heavy atom. The molecule has 96 valence electrons. The highest BCUT2D eigenvalue weighted by atomic mass is 35.5. The molecule has 3 aromatic heterocycles. The van der Waals surface area contributed by atoms with E-state index in [-0.39, 0.29) is 5.28 Å². The molecule has 19 heavy (non-hydrogen) atoms. The van der Waals surface area contributed by atoms with Gasteiger partial charge in [0.2, 0.25) is 11.2 Å². The molecule has 7 nitrogen and oxygen atoms in total. The zero-order valence-corrected chi connectivity index (χ0v) is 11.1. The van der Waals surface area contributed by atoms with E-state index in [1.54, 1.807) is 11.3 Å². The Hall–Kier alpha value is -2.06. The molecule has 0 aliphatic carbocycles. The molecule has 0 aromatic carbocycles. The molecule has 0 unspecified atom stereocenters. The van der Waals surface area contributed by atoms with Gasteiger partial charge < -0.3 is 5.32 Å². The smallest absolute Gasteiger partial charge is 0.258 e. The van der Waals surface area contributed by atoms with Crippen molar-refractivity contribution in [3.8, 4) is 5.95 Å². The molecule has 0 amide bonds. The number of thiophene rings is 1. The number of nitrogens with zero attached hydrogens (tertiary/aromatic N) is 6. The molecular formula is C10H8ClN7S. The molecular weight excluding hydrogens is 286 g/mol. The zero-order chi connectivity index (χ0) is 13.1. The fourth-order valence-corrected chi connectivity index (χ4v) is 2.23. The molecule has 0 saturated heterocycles. The number of aromatic nitrogens is 6. The summed E-state index contributed by atoms with van der Waals surface area (Å²) < 4.78 is 1.42. The van der Waals surface area contributed by atoms with Crippen molar-refractivity contribution in [3.05, 3.63) is 40.3 Å². The Labute approximate surface area is 117 Å². The quantitative estimate of drug-likeness (QED) is 0.789. The third-order valence-corrected chi connectivity index (χ3v) is 3.15. The number of anilines is 1. The highest BCUT2D eigenvalue weighted by Gasteiger charge is 2.07. The Morgan fingerprint density at radius 3 is 3.00 bits per heavy atom. The van der Waals surface area contributed by atoms with Crippen LogP contribution in [-0.4, -0.2) is 29.7 Å². The second-order valence-corrected chi connectivity index (χ2v) is 4.67. The van der Waals surface area contributed by atoms with Crippen LogP contribution in [0.2, 0.25) is 5.28 Å². The summed E-state index contributed by atoms with van der Waals surface area (Å²) in [5, 5.41) is 11.2. The van der Waals surface area contributed by atoms with Crippen LogP contribution in [0.1, 0.15) is 5.56 Å². The summed E-state index contributed by atoms with van der Waals surface area (Å²) in [6.45, 7) is 0.626. The number of halogens is 1. The monoisotopic (exact) mass is 293 g/mol. The van der Waals surface area contributed by atoms with Gasteiger partial charge in [-0.3, -0.25) is 0 Å². The summed E-state index contributed by atoms with van der Waals surface area (Å²) in [5.74, 6) is 0.724. The van der Waals surface area contributed by atoms with E-state index in [4.69, 9.17) is 11.6 Å². The summed E-state index contributed by atoms with van der Waals surface area (Å²) in [6, 6.07) is 2.03. The van der Waals surface area contributed by atoms with Gasteiger partial charge in [0.1, 0.15) is 12.7 Å². The van der Waals surface area contributed by atoms with Gasteiger partial charge in [-0.1, -0.05) is 0 Å². The highest BCUT2D eigenvalue weighted by molar-refractivity contribution is 7.07. The molecule has 3 aromatic rings. The van der Waals surface area contributed by atoms with Crippen LogP contribution in [-0.2, 0) is 6.54 Å². The Morgan fingerprint density at radius 2 is 2.26 bits per heavy atom. The Bertz CT molecular complexity index is 653. The molecule has 3 rings (SSSR count). The fourth-order valence-electron chi connectivity index (χ4n) is 1.41. The van der Waals surface area contributed by atoms with Gasteiger partial charge in [0, 0.05) is 6.54 Å². The van der Waals surface area contributed by atoms with Crippen molar-refractivity contribution in [1.29, 1.82) is 0 Å². The topological polar surface area (TPSA) is 81.4 Å². The zero-order valence-electron chi connectivity index (χ0n) is 9.56. The average Bonchev–Trinajstić information content (AvgIpc) is 3.09. The van der Waals surface area contributed by atoms with Crippen molar-refractivity contribution in [3.63, 3.8) is 0 Å². The van der Waals surface area contributed by atoms with E-state index in [9.17, 15) is 0 Å². The van der Waals surface area contributed by atoms with Gasteiger partial charge in [-0.25, -0.2) is 4.98 Å². The number of hydrogen-bond donors (Lipinski definition) is 1. The molecule has 0 saturated carbocycles. The maximum absolute atomic E-state index is 5.87. The molecule has 0 radical (unpaired) electrons. The molecule has 3 heterocycles. The second kappa shape index (κ2) is 5.29. The predicted molar refractivity (Wildman–Crippen MR) is 71.4 cm³/mol. The first-order valence-electron chi connectivity index (χ1n) is 5.33. The van der Waals surface area contributed by atoms with E-state index < -0.39 is 0 Å². The van der Waals surface area contributed by atoms with E-state index in [2.05, 4.69) is 30.4 Å². The van der Waals surface area contributed by atoms with Gasteiger partial charge >= 0.3 is 0 Å². The van der Waals surface area contributed by atoms with Crippen molar-refractivity contribution in [2.24, 2.45) is 0 Å². The van der Waals surface area contributed by atoms with Crippen LogP contribution in [0.5, 0.6) is 0 Å². The lowest BCUT2D eigenvalue weighted by molar-refractivity contribution is 0.793. The minimum Gasteiger partial charge on any atom is -0.350 e. The molecule has 0 atom stereocenters. The van der Waals surface area contributed by atoms with Crippen LogP contribution in [0, 0.1) is 0 Å². The molecule has 1 N–H and O–H groups in total. The minimum absolute atomic E-state index is 0.105. The minimum atomic E-state index is 0.105. The first kappa shape index (κ1) is 12.0. The van der Waals surface area contributed by atoms with Crippen LogP contribution >= 0.6 is 22.9 Å². The van der Waals surface area contributed by atoms with Gasteiger partial charge in [-0.05, 0) is 34.0 Å². The van der Waals surface area contributed by atoms with Crippen molar-refractivity contribution in [2.75, 3.05) is 5.32 Å². The van der Waals surface area contributed by atoms with Crippen molar-refractivity contribution >= 4 is 28.9 Å². The van der Waals surface area contributed by atoms with Crippen LogP contribution in [0.3, 0.4) is 0 Å². The lowest BCUT2D eigenvalue weighted by atomic mass is 10.3.